The zero-order valence-corrected chi connectivity index (χ0v) is 13.1. The van der Waals surface area contributed by atoms with Crippen molar-refractivity contribution in [1.29, 1.82) is 0 Å². The van der Waals surface area contributed by atoms with Gasteiger partial charge >= 0.3 is 0 Å². The van der Waals surface area contributed by atoms with E-state index >= 15 is 0 Å². The van der Waals surface area contributed by atoms with E-state index in [0.717, 1.165) is 18.4 Å². The number of rotatable bonds is 5. The van der Waals surface area contributed by atoms with Crippen LogP contribution in [0.4, 0.5) is 0 Å². The Morgan fingerprint density at radius 1 is 1.43 bits per heavy atom. The van der Waals surface area contributed by atoms with E-state index in [0.29, 0.717) is 25.7 Å². The first-order valence-electron chi connectivity index (χ1n) is 7.32. The highest BCUT2D eigenvalue weighted by Crippen LogP contribution is 2.23. The summed E-state index contributed by atoms with van der Waals surface area (Å²) in [5.41, 5.74) is 1.03. The van der Waals surface area contributed by atoms with Crippen molar-refractivity contribution in [2.24, 2.45) is 0 Å². The maximum atomic E-state index is 12.0. The summed E-state index contributed by atoms with van der Waals surface area (Å²) in [5, 5.41) is 2.66. The van der Waals surface area contributed by atoms with Gasteiger partial charge in [0.05, 0.1) is 5.25 Å². The molecule has 1 saturated carbocycles. The molecule has 5 nitrogen and oxygen atoms in total. The van der Waals surface area contributed by atoms with Gasteiger partial charge in [-0.2, -0.15) is 0 Å². The summed E-state index contributed by atoms with van der Waals surface area (Å²) in [7, 11) is -3.01. The predicted octanol–water partition coefficient (Wildman–Crippen LogP) is 1.49. The molecule has 116 valence electrons. The van der Waals surface area contributed by atoms with E-state index in [4.69, 9.17) is 0 Å². The third-order valence-corrected chi connectivity index (χ3v) is 5.60. The minimum atomic E-state index is -3.01. The van der Waals surface area contributed by atoms with Crippen LogP contribution in [0.3, 0.4) is 0 Å². The lowest BCUT2D eigenvalue weighted by atomic mass is 9.95. The average Bonchev–Trinajstić information content (AvgIpc) is 2.46. The van der Waals surface area contributed by atoms with Gasteiger partial charge in [-0.25, -0.2) is 8.42 Å². The van der Waals surface area contributed by atoms with Crippen molar-refractivity contribution in [2.75, 3.05) is 6.26 Å². The molecule has 1 aromatic heterocycles. The monoisotopic (exact) mass is 310 g/mol. The second-order valence-corrected chi connectivity index (χ2v) is 8.07. The average molecular weight is 310 g/mol. The molecule has 2 rings (SSSR count). The molecule has 21 heavy (non-hydrogen) atoms. The van der Waals surface area contributed by atoms with E-state index in [-0.39, 0.29) is 17.2 Å². The van der Waals surface area contributed by atoms with Gasteiger partial charge < -0.3 is 5.32 Å². The highest BCUT2D eigenvalue weighted by Gasteiger charge is 2.29. The lowest BCUT2D eigenvalue weighted by Crippen LogP contribution is -2.41. The van der Waals surface area contributed by atoms with Crippen molar-refractivity contribution in [1.82, 2.24) is 10.3 Å². The number of carbonyl (C=O) groups excluding carboxylic acids is 1. The molecule has 0 bridgehead atoms. The van der Waals surface area contributed by atoms with Crippen LogP contribution in [-0.4, -0.2) is 36.9 Å². The van der Waals surface area contributed by atoms with Crippen molar-refractivity contribution in [3.63, 3.8) is 0 Å². The van der Waals surface area contributed by atoms with E-state index in [9.17, 15) is 13.2 Å². The molecule has 0 spiro atoms. The number of aromatic nitrogens is 1. The maximum absolute atomic E-state index is 12.0. The zero-order valence-electron chi connectivity index (χ0n) is 12.3. The Hall–Kier alpha value is -1.43. The number of amides is 1. The summed E-state index contributed by atoms with van der Waals surface area (Å²) in [6.07, 6.45) is 8.77. The Bertz CT molecular complexity index is 572. The molecule has 0 aromatic carbocycles. The van der Waals surface area contributed by atoms with Crippen LogP contribution in [-0.2, 0) is 21.1 Å². The van der Waals surface area contributed by atoms with Gasteiger partial charge in [-0.3, -0.25) is 9.78 Å². The number of hydrogen-bond acceptors (Lipinski definition) is 4. The minimum Gasteiger partial charge on any atom is -0.353 e. The molecule has 1 heterocycles. The molecule has 1 aliphatic rings. The molecule has 0 aliphatic heterocycles. The van der Waals surface area contributed by atoms with Crippen LogP contribution < -0.4 is 5.32 Å². The van der Waals surface area contributed by atoms with Gasteiger partial charge in [0, 0.05) is 31.1 Å². The first-order chi connectivity index (χ1) is 9.95. The predicted molar refractivity (Wildman–Crippen MR) is 81.6 cm³/mol. The van der Waals surface area contributed by atoms with Gasteiger partial charge in [0.15, 0.2) is 0 Å². The summed E-state index contributed by atoms with van der Waals surface area (Å²) in [4.78, 5) is 16.0. The first kappa shape index (κ1) is 15.9. The lowest BCUT2D eigenvalue weighted by Gasteiger charge is -2.28. The number of carbonyl (C=O) groups is 1. The Morgan fingerprint density at radius 3 is 2.90 bits per heavy atom. The molecular formula is C15H22N2O3S. The number of hydrogen-bond donors (Lipinski definition) is 1. The van der Waals surface area contributed by atoms with Gasteiger partial charge in [0.25, 0.3) is 0 Å². The molecular weight excluding hydrogens is 288 g/mol. The van der Waals surface area contributed by atoms with Gasteiger partial charge in [0.1, 0.15) is 9.84 Å². The normalized spacial score (nSPS) is 22.7. The first-order valence-corrected chi connectivity index (χ1v) is 9.28. The largest absolute Gasteiger partial charge is 0.353 e. The van der Waals surface area contributed by atoms with Crippen LogP contribution in [0.15, 0.2) is 24.5 Å². The topological polar surface area (TPSA) is 76.1 Å². The van der Waals surface area contributed by atoms with Crippen molar-refractivity contribution in [3.8, 4) is 0 Å². The highest BCUT2D eigenvalue weighted by atomic mass is 32.2. The summed E-state index contributed by atoms with van der Waals surface area (Å²) < 4.78 is 23.2. The van der Waals surface area contributed by atoms with Gasteiger partial charge in [-0.15, -0.1) is 0 Å². The van der Waals surface area contributed by atoms with E-state index in [2.05, 4.69) is 10.3 Å². The molecule has 0 radical (unpaired) electrons. The Morgan fingerprint density at radius 2 is 2.24 bits per heavy atom. The van der Waals surface area contributed by atoms with Crippen LogP contribution in [0.2, 0.25) is 0 Å². The number of pyridine rings is 1. The van der Waals surface area contributed by atoms with E-state index in [1.54, 1.807) is 12.4 Å². The SMILES string of the molecule is CS(=O)(=O)C1CCCC(NC(=O)CCc2cccnc2)C1. The Balaban J connectivity index is 1.80. The molecule has 2 unspecified atom stereocenters. The fourth-order valence-electron chi connectivity index (χ4n) is 2.77. The fraction of sp³-hybridized carbons (Fsp3) is 0.600. The second-order valence-electron chi connectivity index (χ2n) is 5.74. The molecule has 1 aromatic rings. The Kier molecular flexibility index (Phi) is 5.33. The van der Waals surface area contributed by atoms with Crippen molar-refractivity contribution in [3.05, 3.63) is 30.1 Å². The van der Waals surface area contributed by atoms with Crippen LogP contribution in [0.25, 0.3) is 0 Å². The number of sulfone groups is 1. The highest BCUT2D eigenvalue weighted by molar-refractivity contribution is 7.91. The molecule has 1 aliphatic carbocycles. The van der Waals surface area contributed by atoms with Crippen LogP contribution in [0, 0.1) is 0 Å². The molecule has 6 heteroatoms. The van der Waals surface area contributed by atoms with E-state index in [1.807, 2.05) is 12.1 Å². The van der Waals surface area contributed by atoms with E-state index < -0.39 is 9.84 Å². The fourth-order valence-corrected chi connectivity index (χ4v) is 3.95. The summed E-state index contributed by atoms with van der Waals surface area (Å²) in [6.45, 7) is 0. The maximum Gasteiger partial charge on any atom is 0.220 e. The lowest BCUT2D eigenvalue weighted by molar-refractivity contribution is -0.121. The molecule has 1 fully saturated rings. The van der Waals surface area contributed by atoms with Crippen LogP contribution in [0.5, 0.6) is 0 Å². The minimum absolute atomic E-state index is 0.0140. The van der Waals surface area contributed by atoms with E-state index in [1.165, 1.54) is 6.26 Å². The van der Waals surface area contributed by atoms with Crippen molar-refractivity contribution >= 4 is 15.7 Å². The van der Waals surface area contributed by atoms with Crippen molar-refractivity contribution < 1.29 is 13.2 Å². The summed E-state index contributed by atoms with van der Waals surface area (Å²) >= 11 is 0. The number of nitrogens with one attached hydrogen (secondary N) is 1. The molecule has 2 atom stereocenters. The molecule has 1 N–H and O–H groups in total. The smallest absolute Gasteiger partial charge is 0.220 e. The Labute approximate surface area is 126 Å². The zero-order chi connectivity index (χ0) is 15.3. The van der Waals surface area contributed by atoms with Gasteiger partial charge in [-0.1, -0.05) is 12.5 Å². The summed E-state index contributed by atoms with van der Waals surface area (Å²) in [5.74, 6) is -0.0157. The van der Waals surface area contributed by atoms with Gasteiger partial charge in [0.2, 0.25) is 5.91 Å². The molecule has 0 saturated heterocycles. The number of nitrogens with zero attached hydrogens (tertiary/aromatic N) is 1. The third kappa shape index (κ3) is 5.12. The third-order valence-electron chi connectivity index (χ3n) is 3.96. The van der Waals surface area contributed by atoms with Crippen molar-refractivity contribution in [2.45, 2.75) is 49.8 Å². The second kappa shape index (κ2) is 7.02. The standard InChI is InChI=1S/C15H22N2O3S/c1-21(19,20)14-6-2-5-13(10-14)17-15(18)8-7-12-4-3-9-16-11-12/h3-4,9,11,13-14H,2,5-8,10H2,1H3,(H,17,18). The molecule has 1 amide bonds. The van der Waals surface area contributed by atoms with Crippen LogP contribution >= 0.6 is 0 Å². The van der Waals surface area contributed by atoms with Crippen LogP contribution in [0.1, 0.15) is 37.7 Å². The number of aryl methyl sites for hydroxylation is 1. The van der Waals surface area contributed by atoms with Gasteiger partial charge in [-0.05, 0) is 37.3 Å². The quantitative estimate of drug-likeness (QED) is 0.894. The summed E-state index contributed by atoms with van der Waals surface area (Å²) in [6, 6.07) is 3.78.